The van der Waals surface area contributed by atoms with Crippen LogP contribution in [0.25, 0.3) is 10.8 Å². The van der Waals surface area contributed by atoms with Crippen LogP contribution >= 0.6 is 0 Å². The van der Waals surface area contributed by atoms with Crippen LogP contribution in [0.1, 0.15) is 25.3 Å². The van der Waals surface area contributed by atoms with E-state index in [0.717, 1.165) is 39.1 Å². The molecule has 0 bridgehead atoms. The van der Waals surface area contributed by atoms with Crippen LogP contribution in [0.3, 0.4) is 0 Å². The second kappa shape index (κ2) is 7.23. The Labute approximate surface area is 155 Å². The van der Waals surface area contributed by atoms with Crippen molar-refractivity contribution in [2.75, 3.05) is 44.7 Å². The molecule has 2 aromatic rings. The van der Waals surface area contributed by atoms with Crippen LogP contribution in [0, 0.1) is 0 Å². The summed E-state index contributed by atoms with van der Waals surface area (Å²) in [4.78, 5) is 22.7. The number of rotatable bonds is 4. The molecule has 2 aliphatic heterocycles. The van der Waals surface area contributed by atoms with Gasteiger partial charge in [-0.2, -0.15) is 0 Å². The van der Waals surface area contributed by atoms with Gasteiger partial charge in [-0.25, -0.2) is 0 Å². The third-order valence-corrected chi connectivity index (χ3v) is 6.06. The van der Waals surface area contributed by atoms with Crippen LogP contribution < -0.4 is 4.90 Å². The molecule has 138 valence electrons. The fraction of sp³-hybridized carbons (Fsp3) is 0.524. The van der Waals surface area contributed by atoms with Crippen molar-refractivity contribution in [3.05, 3.63) is 36.2 Å². The summed E-state index contributed by atoms with van der Waals surface area (Å²) in [6.45, 7) is 6.76. The third kappa shape index (κ3) is 3.28. The summed E-state index contributed by atoms with van der Waals surface area (Å²) in [6.07, 6.45) is 7.50. The van der Waals surface area contributed by atoms with Gasteiger partial charge in [-0.3, -0.25) is 9.78 Å². The lowest BCUT2D eigenvalue weighted by atomic mass is 9.94. The van der Waals surface area contributed by atoms with Gasteiger partial charge < -0.3 is 14.7 Å². The monoisotopic (exact) mass is 352 g/mol. The van der Waals surface area contributed by atoms with Crippen molar-refractivity contribution < 1.29 is 4.79 Å². The highest BCUT2D eigenvalue weighted by atomic mass is 16.2. The molecular formula is C21H28N4O. The number of anilines is 1. The minimum absolute atomic E-state index is 0.148. The maximum absolute atomic E-state index is 11.4. The van der Waals surface area contributed by atoms with E-state index in [-0.39, 0.29) is 5.91 Å². The molecule has 1 amide bonds. The van der Waals surface area contributed by atoms with Crippen LogP contribution in [0.2, 0.25) is 0 Å². The molecule has 0 radical (unpaired) electrons. The molecule has 0 unspecified atom stereocenters. The fourth-order valence-corrected chi connectivity index (χ4v) is 4.36. The molecule has 1 aromatic carbocycles. The van der Waals surface area contributed by atoms with Crippen molar-refractivity contribution in [1.82, 2.24) is 14.8 Å². The first-order valence-corrected chi connectivity index (χ1v) is 9.70. The third-order valence-electron chi connectivity index (χ3n) is 6.06. The molecular weight excluding hydrogens is 324 g/mol. The van der Waals surface area contributed by atoms with Gasteiger partial charge in [0.15, 0.2) is 0 Å². The van der Waals surface area contributed by atoms with Gasteiger partial charge in [-0.05, 0) is 30.9 Å². The van der Waals surface area contributed by atoms with Gasteiger partial charge in [0.1, 0.15) is 0 Å². The Morgan fingerprint density at radius 3 is 2.81 bits per heavy atom. The smallest absolute Gasteiger partial charge is 0.219 e. The minimum Gasteiger partial charge on any atom is -0.368 e. The van der Waals surface area contributed by atoms with Crippen LogP contribution in [-0.2, 0) is 11.2 Å². The summed E-state index contributed by atoms with van der Waals surface area (Å²) in [7, 11) is 1.88. The van der Waals surface area contributed by atoms with Gasteiger partial charge in [0.05, 0.1) is 0 Å². The van der Waals surface area contributed by atoms with E-state index in [0.29, 0.717) is 6.04 Å². The molecule has 5 nitrogen and oxygen atoms in total. The highest BCUT2D eigenvalue weighted by molar-refractivity contribution is 5.97. The Balaban J connectivity index is 1.43. The lowest BCUT2D eigenvalue weighted by Gasteiger charge is -2.42. The first-order valence-electron chi connectivity index (χ1n) is 9.70. The standard InChI is InChI=1S/C21H28N4O/c1-16(26)23(2)12-13-24-9-7-19(8-10-24)25-11-6-18-15-22-14-17-4-3-5-20(25)21(17)18/h3-5,14-15,19H,6-13H2,1-2H3. The Bertz CT molecular complexity index is 792. The molecule has 3 heterocycles. The van der Waals surface area contributed by atoms with Gasteiger partial charge >= 0.3 is 0 Å². The summed E-state index contributed by atoms with van der Waals surface area (Å²) < 4.78 is 0. The summed E-state index contributed by atoms with van der Waals surface area (Å²) in [6, 6.07) is 7.23. The minimum atomic E-state index is 0.148. The van der Waals surface area contributed by atoms with Crippen LogP contribution in [0.4, 0.5) is 5.69 Å². The number of amides is 1. The first kappa shape index (κ1) is 17.3. The predicted octanol–water partition coefficient (Wildman–Crippen LogP) is 2.54. The van der Waals surface area contributed by atoms with Gasteiger partial charge in [0.25, 0.3) is 0 Å². The molecule has 0 aliphatic carbocycles. The average molecular weight is 352 g/mol. The van der Waals surface area contributed by atoms with E-state index in [1.165, 1.54) is 34.9 Å². The van der Waals surface area contributed by atoms with Gasteiger partial charge in [-0.15, -0.1) is 0 Å². The summed E-state index contributed by atoms with van der Waals surface area (Å²) in [5, 5.41) is 2.66. The van der Waals surface area contributed by atoms with E-state index in [1.54, 1.807) is 6.92 Å². The van der Waals surface area contributed by atoms with Crippen LogP contribution in [0.5, 0.6) is 0 Å². The van der Waals surface area contributed by atoms with Gasteiger partial charge in [0.2, 0.25) is 5.91 Å². The topological polar surface area (TPSA) is 39.7 Å². The number of nitrogens with zero attached hydrogens (tertiary/aromatic N) is 4. The van der Waals surface area contributed by atoms with Gasteiger partial charge in [0, 0.05) is 81.6 Å². The van der Waals surface area contributed by atoms with Crippen molar-refractivity contribution in [2.45, 2.75) is 32.2 Å². The predicted molar refractivity (Wildman–Crippen MR) is 106 cm³/mol. The lowest BCUT2D eigenvalue weighted by Crippen LogP contribution is -2.48. The number of hydrogen-bond acceptors (Lipinski definition) is 4. The molecule has 0 saturated carbocycles. The highest BCUT2D eigenvalue weighted by Gasteiger charge is 2.28. The zero-order valence-electron chi connectivity index (χ0n) is 15.8. The number of piperidine rings is 1. The summed E-state index contributed by atoms with van der Waals surface area (Å²) in [5.41, 5.74) is 2.78. The number of carbonyl (C=O) groups is 1. The second-order valence-corrected chi connectivity index (χ2v) is 7.63. The number of benzene rings is 1. The SMILES string of the molecule is CC(=O)N(C)CCN1CCC(N2CCc3cncc4cccc2c34)CC1. The van der Waals surface area contributed by atoms with Crippen molar-refractivity contribution >= 4 is 22.4 Å². The number of aromatic nitrogens is 1. The first-order chi connectivity index (χ1) is 12.6. The molecule has 2 aliphatic rings. The quantitative estimate of drug-likeness (QED) is 0.848. The largest absolute Gasteiger partial charge is 0.368 e. The van der Waals surface area contributed by atoms with E-state index in [1.807, 2.05) is 24.3 Å². The summed E-state index contributed by atoms with van der Waals surface area (Å²) in [5.74, 6) is 0.148. The Morgan fingerprint density at radius 1 is 1.23 bits per heavy atom. The van der Waals surface area contributed by atoms with Crippen molar-refractivity contribution in [1.29, 1.82) is 0 Å². The van der Waals surface area contributed by atoms with E-state index in [9.17, 15) is 4.79 Å². The summed E-state index contributed by atoms with van der Waals surface area (Å²) >= 11 is 0. The lowest BCUT2D eigenvalue weighted by molar-refractivity contribution is -0.127. The van der Waals surface area contributed by atoms with Crippen LogP contribution in [-0.4, -0.2) is 66.5 Å². The molecule has 5 heteroatoms. The van der Waals surface area contributed by atoms with E-state index >= 15 is 0 Å². The van der Waals surface area contributed by atoms with E-state index < -0.39 is 0 Å². The molecule has 0 N–H and O–H groups in total. The number of carbonyl (C=O) groups excluding carboxylic acids is 1. The molecule has 26 heavy (non-hydrogen) atoms. The molecule has 0 spiro atoms. The normalized spacial score (nSPS) is 18.3. The Kier molecular flexibility index (Phi) is 4.81. The molecule has 1 aromatic heterocycles. The van der Waals surface area contributed by atoms with Crippen molar-refractivity contribution in [2.24, 2.45) is 0 Å². The number of pyridine rings is 1. The van der Waals surface area contributed by atoms with Crippen LogP contribution in [0.15, 0.2) is 30.6 Å². The van der Waals surface area contributed by atoms with E-state index in [4.69, 9.17) is 0 Å². The molecule has 1 saturated heterocycles. The molecule has 4 rings (SSSR count). The number of likely N-dealkylation sites (tertiary alicyclic amines) is 1. The Hall–Kier alpha value is -2.14. The zero-order valence-corrected chi connectivity index (χ0v) is 15.8. The van der Waals surface area contributed by atoms with Crippen molar-refractivity contribution in [3.8, 4) is 0 Å². The number of hydrogen-bond donors (Lipinski definition) is 0. The maximum atomic E-state index is 11.4. The molecule has 1 fully saturated rings. The molecule has 0 atom stereocenters. The number of likely N-dealkylation sites (N-methyl/N-ethyl adjacent to an activating group) is 1. The fourth-order valence-electron chi connectivity index (χ4n) is 4.36. The Morgan fingerprint density at radius 2 is 2.04 bits per heavy atom. The van der Waals surface area contributed by atoms with E-state index in [2.05, 4.69) is 33.0 Å². The van der Waals surface area contributed by atoms with Crippen molar-refractivity contribution in [3.63, 3.8) is 0 Å². The van der Waals surface area contributed by atoms with Gasteiger partial charge in [-0.1, -0.05) is 12.1 Å². The zero-order chi connectivity index (χ0) is 18.1. The average Bonchev–Trinajstić information content (AvgIpc) is 2.67. The highest BCUT2D eigenvalue weighted by Crippen LogP contribution is 2.36. The maximum Gasteiger partial charge on any atom is 0.219 e. The second-order valence-electron chi connectivity index (χ2n) is 7.63.